The Hall–Kier alpha value is -2.63. The number of likely N-dealkylation sites (tertiary alicyclic amines) is 1. The van der Waals surface area contributed by atoms with Crippen LogP contribution in [0, 0.1) is 12.9 Å². The maximum Gasteiger partial charge on any atom is 0.410 e. The molecule has 1 saturated heterocycles. The lowest BCUT2D eigenvalue weighted by Crippen LogP contribution is -2.54. The minimum absolute atomic E-state index is 0.0290. The first-order valence-electron chi connectivity index (χ1n) is 7.86. The van der Waals surface area contributed by atoms with E-state index < -0.39 is 5.95 Å². The molecule has 1 aromatic heterocycles. The molecule has 6 heteroatoms. The quantitative estimate of drug-likeness (QED) is 0.789. The molecule has 2 aromatic rings. The second-order valence-electron chi connectivity index (χ2n) is 5.77. The summed E-state index contributed by atoms with van der Waals surface area (Å²) in [5.41, 5.74) is 1.38. The molecule has 0 bridgehead atoms. The number of hydrogen-bond acceptors (Lipinski definition) is 4. The van der Waals surface area contributed by atoms with Crippen molar-refractivity contribution in [1.29, 1.82) is 0 Å². The van der Waals surface area contributed by atoms with Crippen LogP contribution in [-0.2, 0) is 11.3 Å². The second kappa shape index (κ2) is 7.29. The first-order valence-corrected chi connectivity index (χ1v) is 7.86. The third kappa shape index (κ3) is 3.82. The van der Waals surface area contributed by atoms with Crippen molar-refractivity contribution in [2.75, 3.05) is 13.2 Å². The topological polar surface area (TPSA) is 51.7 Å². The predicted octanol–water partition coefficient (Wildman–Crippen LogP) is 3.32. The van der Waals surface area contributed by atoms with E-state index in [0.29, 0.717) is 24.5 Å². The summed E-state index contributed by atoms with van der Waals surface area (Å²) in [6.45, 7) is 2.88. The molecule has 0 aliphatic carbocycles. The number of nitrogens with zero attached hydrogens (tertiary/aromatic N) is 2. The van der Waals surface area contributed by atoms with Crippen molar-refractivity contribution in [3.63, 3.8) is 0 Å². The van der Waals surface area contributed by atoms with E-state index in [-0.39, 0.29) is 18.7 Å². The highest BCUT2D eigenvalue weighted by Crippen LogP contribution is 2.21. The van der Waals surface area contributed by atoms with Crippen molar-refractivity contribution in [1.82, 2.24) is 9.88 Å². The van der Waals surface area contributed by atoms with Crippen LogP contribution in [0.4, 0.5) is 9.18 Å². The smallest absolute Gasteiger partial charge is 0.410 e. The van der Waals surface area contributed by atoms with Gasteiger partial charge in [0.15, 0.2) is 0 Å². The lowest BCUT2D eigenvalue weighted by atomic mass is 10.1. The Kier molecular flexibility index (Phi) is 4.93. The second-order valence-corrected chi connectivity index (χ2v) is 5.77. The summed E-state index contributed by atoms with van der Waals surface area (Å²) < 4.78 is 24.1. The van der Waals surface area contributed by atoms with Gasteiger partial charge >= 0.3 is 6.09 Å². The summed E-state index contributed by atoms with van der Waals surface area (Å²) in [6.07, 6.45) is 1.86. The van der Waals surface area contributed by atoms with Crippen LogP contribution in [0.15, 0.2) is 42.6 Å². The zero-order valence-corrected chi connectivity index (χ0v) is 13.4. The Balaban J connectivity index is 1.47. The van der Waals surface area contributed by atoms with Crippen molar-refractivity contribution in [3.8, 4) is 5.75 Å². The number of amides is 1. The average molecular weight is 330 g/mol. The minimum Gasteiger partial charge on any atom is -0.490 e. The van der Waals surface area contributed by atoms with Gasteiger partial charge in [-0.15, -0.1) is 0 Å². The van der Waals surface area contributed by atoms with Crippen molar-refractivity contribution in [2.24, 2.45) is 0 Å². The van der Waals surface area contributed by atoms with Crippen molar-refractivity contribution >= 4 is 6.09 Å². The molecule has 0 unspecified atom stereocenters. The zero-order valence-electron chi connectivity index (χ0n) is 13.4. The van der Waals surface area contributed by atoms with Gasteiger partial charge in [-0.1, -0.05) is 30.3 Å². The SMILES string of the molecule is Cc1cc(OC[C@@H]2CCN2C(=O)OCc2ccccc2)cnc1F. The fourth-order valence-corrected chi connectivity index (χ4v) is 2.46. The highest BCUT2D eigenvalue weighted by molar-refractivity contribution is 5.69. The monoisotopic (exact) mass is 330 g/mol. The molecule has 1 aliphatic heterocycles. The highest BCUT2D eigenvalue weighted by Gasteiger charge is 2.33. The van der Waals surface area contributed by atoms with E-state index in [0.717, 1.165) is 12.0 Å². The number of carbonyl (C=O) groups excluding carboxylic acids is 1. The van der Waals surface area contributed by atoms with Gasteiger partial charge in [-0.3, -0.25) is 0 Å². The fourth-order valence-electron chi connectivity index (χ4n) is 2.46. The van der Waals surface area contributed by atoms with Gasteiger partial charge < -0.3 is 14.4 Å². The maximum atomic E-state index is 13.1. The van der Waals surface area contributed by atoms with Crippen molar-refractivity contribution in [3.05, 3.63) is 59.7 Å². The molecular formula is C18H19FN2O3. The Labute approximate surface area is 140 Å². The summed E-state index contributed by atoms with van der Waals surface area (Å²) in [7, 11) is 0. The first kappa shape index (κ1) is 16.2. The number of rotatable bonds is 5. The molecule has 1 aliphatic rings. The van der Waals surface area contributed by atoms with Crippen LogP contribution in [0.5, 0.6) is 5.75 Å². The van der Waals surface area contributed by atoms with Crippen molar-refractivity contribution < 1.29 is 18.7 Å². The molecule has 1 atom stereocenters. The van der Waals surface area contributed by atoms with E-state index in [2.05, 4.69) is 4.98 Å². The summed E-state index contributed by atoms with van der Waals surface area (Å²) >= 11 is 0. The molecule has 1 aromatic carbocycles. The Morgan fingerprint density at radius 1 is 1.38 bits per heavy atom. The fraction of sp³-hybridized carbons (Fsp3) is 0.333. The molecular weight excluding hydrogens is 311 g/mol. The summed E-state index contributed by atoms with van der Waals surface area (Å²) in [4.78, 5) is 17.4. The largest absolute Gasteiger partial charge is 0.490 e. The Morgan fingerprint density at radius 2 is 2.17 bits per heavy atom. The van der Waals surface area contributed by atoms with Crippen LogP contribution < -0.4 is 4.74 Å². The number of aromatic nitrogens is 1. The number of carbonyl (C=O) groups is 1. The van der Waals surface area contributed by atoms with E-state index >= 15 is 0 Å². The molecule has 3 rings (SSSR count). The van der Waals surface area contributed by atoms with Crippen LogP contribution in [0.2, 0.25) is 0 Å². The molecule has 1 amide bonds. The van der Waals surface area contributed by atoms with E-state index in [1.807, 2.05) is 30.3 Å². The van der Waals surface area contributed by atoms with Crippen LogP contribution in [0.3, 0.4) is 0 Å². The summed E-state index contributed by atoms with van der Waals surface area (Å²) in [5.74, 6) is -0.00415. The summed E-state index contributed by atoms with van der Waals surface area (Å²) in [5, 5.41) is 0. The lowest BCUT2D eigenvalue weighted by Gasteiger charge is -2.39. The van der Waals surface area contributed by atoms with Gasteiger partial charge in [0.05, 0.1) is 12.2 Å². The molecule has 0 radical (unpaired) electrons. The van der Waals surface area contributed by atoms with E-state index in [4.69, 9.17) is 9.47 Å². The van der Waals surface area contributed by atoms with Crippen LogP contribution in [0.25, 0.3) is 0 Å². The molecule has 0 N–H and O–H groups in total. The normalized spacial score (nSPS) is 16.4. The minimum atomic E-state index is -0.503. The number of ether oxygens (including phenoxy) is 2. The van der Waals surface area contributed by atoms with Crippen LogP contribution >= 0.6 is 0 Å². The molecule has 5 nitrogen and oxygen atoms in total. The predicted molar refractivity (Wildman–Crippen MR) is 86.2 cm³/mol. The molecule has 0 saturated carbocycles. The van der Waals surface area contributed by atoms with Gasteiger partial charge in [0.25, 0.3) is 0 Å². The van der Waals surface area contributed by atoms with Gasteiger partial charge in [-0.05, 0) is 25.0 Å². The summed E-state index contributed by atoms with van der Waals surface area (Å²) in [6, 6.07) is 11.1. The number of halogens is 1. The lowest BCUT2D eigenvalue weighted by molar-refractivity contribution is 0.0259. The number of aryl methyl sites for hydroxylation is 1. The molecule has 24 heavy (non-hydrogen) atoms. The van der Waals surface area contributed by atoms with E-state index in [1.54, 1.807) is 17.9 Å². The number of pyridine rings is 1. The molecule has 2 heterocycles. The van der Waals surface area contributed by atoms with E-state index in [9.17, 15) is 9.18 Å². The van der Waals surface area contributed by atoms with Gasteiger partial charge in [0.2, 0.25) is 5.95 Å². The van der Waals surface area contributed by atoms with Crippen molar-refractivity contribution in [2.45, 2.75) is 26.0 Å². The standard InChI is InChI=1S/C18H19FN2O3/c1-13-9-16(10-20-17(13)19)23-12-15-7-8-21(15)18(22)24-11-14-5-3-2-4-6-14/h2-6,9-10,15H,7-8,11-12H2,1H3/t15-/m0/s1. The zero-order chi connectivity index (χ0) is 16.9. The molecule has 126 valence electrons. The number of benzene rings is 1. The highest BCUT2D eigenvalue weighted by atomic mass is 19.1. The average Bonchev–Trinajstić information content (AvgIpc) is 2.56. The third-order valence-corrected chi connectivity index (χ3v) is 4.02. The maximum absolute atomic E-state index is 13.1. The van der Waals surface area contributed by atoms with Crippen LogP contribution in [0.1, 0.15) is 17.5 Å². The third-order valence-electron chi connectivity index (χ3n) is 4.02. The Bertz CT molecular complexity index is 709. The van der Waals surface area contributed by atoms with Crippen LogP contribution in [-0.4, -0.2) is 35.2 Å². The molecule has 1 fully saturated rings. The van der Waals surface area contributed by atoms with Gasteiger partial charge in [-0.2, -0.15) is 4.39 Å². The Morgan fingerprint density at radius 3 is 2.83 bits per heavy atom. The molecule has 0 spiro atoms. The first-order chi connectivity index (χ1) is 11.6. The number of hydrogen-bond donors (Lipinski definition) is 0. The van der Waals surface area contributed by atoms with E-state index in [1.165, 1.54) is 6.20 Å². The van der Waals surface area contributed by atoms with Gasteiger partial charge in [0, 0.05) is 12.1 Å². The van der Waals surface area contributed by atoms with Gasteiger partial charge in [-0.25, -0.2) is 9.78 Å². The van der Waals surface area contributed by atoms with Gasteiger partial charge in [0.1, 0.15) is 19.0 Å².